The molecule has 0 saturated heterocycles. The molecule has 12 rings (SSSR count). The number of nitrogens with zero attached hydrogens (tertiary/aromatic N) is 2. The van der Waals surface area contributed by atoms with E-state index in [9.17, 15) is 0 Å². The number of pyridine rings is 1. The van der Waals surface area contributed by atoms with Gasteiger partial charge in [-0.05, 0) is 56.7 Å². The molecule has 5 heteroatoms. The first-order valence-corrected chi connectivity index (χ1v) is 21.8. The van der Waals surface area contributed by atoms with E-state index in [1.807, 2.05) is 6.07 Å². The van der Waals surface area contributed by atoms with Crippen LogP contribution in [0.25, 0.3) is 44.2 Å². The summed E-state index contributed by atoms with van der Waals surface area (Å²) in [5, 5.41) is 8.79. The van der Waals surface area contributed by atoms with Crippen LogP contribution in [-0.2, 0) is 4.74 Å². The molecule has 4 nitrogen and oxygen atoms in total. The Balaban J connectivity index is 1.14. The van der Waals surface area contributed by atoms with Gasteiger partial charge in [-0.25, -0.2) is 0 Å². The Morgan fingerprint density at radius 3 is 2.04 bits per heavy atom. The molecule has 3 aromatic heterocycles. The van der Waals surface area contributed by atoms with Gasteiger partial charge in [-0.15, -0.1) is 0 Å². The summed E-state index contributed by atoms with van der Waals surface area (Å²) < 4.78 is 18.2. The van der Waals surface area contributed by atoms with Crippen molar-refractivity contribution >= 4 is 67.4 Å². The van der Waals surface area contributed by atoms with E-state index in [4.69, 9.17) is 9.15 Å². The molecule has 6 aromatic carbocycles. The van der Waals surface area contributed by atoms with Crippen molar-refractivity contribution in [2.24, 2.45) is 5.92 Å². The minimum atomic E-state index is -2.99. The first kappa shape index (κ1) is 32.3. The van der Waals surface area contributed by atoms with Crippen LogP contribution >= 0.6 is 0 Å². The van der Waals surface area contributed by atoms with Gasteiger partial charge in [0.25, 0.3) is 0 Å². The number of para-hydroxylation sites is 2. The lowest BCUT2D eigenvalue weighted by Crippen LogP contribution is -2.74. The molecule has 57 heavy (non-hydrogen) atoms. The predicted molar refractivity (Wildman–Crippen MR) is 233 cm³/mol. The number of ether oxygens (including phenoxy) is 1. The number of allylic oxidation sites excluding steroid dienone is 3. The summed E-state index contributed by atoms with van der Waals surface area (Å²) in [5.41, 5.74) is 7.86. The fourth-order valence-electron chi connectivity index (χ4n) is 10.1. The van der Waals surface area contributed by atoms with Crippen LogP contribution in [0.5, 0.6) is 0 Å². The smallest absolute Gasteiger partial charge is 0.241 e. The SMILES string of the molecule is C1=CC2OC3=C(c4cc([Si](c5ccccc5)(c5ccccc5)c5cccc(-n6c7ccccc7c7c8ccccc8oc76)c5)ccc4C3[n+]3ccccc3)C2C=C1. The summed E-state index contributed by atoms with van der Waals surface area (Å²) >= 11 is 0. The second-order valence-electron chi connectivity index (χ2n) is 15.3. The van der Waals surface area contributed by atoms with E-state index in [0.29, 0.717) is 0 Å². The minimum Gasteiger partial charge on any atom is -0.482 e. The molecule has 0 radical (unpaired) electrons. The van der Waals surface area contributed by atoms with Crippen LogP contribution in [-0.4, -0.2) is 18.7 Å². The number of aromatic nitrogens is 2. The van der Waals surface area contributed by atoms with Crippen molar-refractivity contribution in [3.05, 3.63) is 223 Å². The summed E-state index contributed by atoms with van der Waals surface area (Å²) in [4.78, 5) is 0. The highest BCUT2D eigenvalue weighted by atomic mass is 28.3. The number of furan rings is 1. The highest BCUT2D eigenvalue weighted by Gasteiger charge is 2.50. The maximum absolute atomic E-state index is 6.89. The maximum Gasteiger partial charge on any atom is 0.241 e. The molecule has 2 aliphatic carbocycles. The van der Waals surface area contributed by atoms with Crippen molar-refractivity contribution < 1.29 is 13.7 Å². The molecule has 0 spiro atoms. The van der Waals surface area contributed by atoms with Crippen molar-refractivity contribution in [3.63, 3.8) is 0 Å². The molecule has 3 unspecified atom stereocenters. The van der Waals surface area contributed by atoms with Crippen LogP contribution < -0.4 is 25.3 Å². The summed E-state index contributed by atoms with van der Waals surface area (Å²) in [6, 6.07) is 62.4. The molecule has 9 aromatic rings. The zero-order chi connectivity index (χ0) is 37.5. The molecule has 3 aliphatic rings. The molecule has 1 aliphatic heterocycles. The molecule has 0 saturated carbocycles. The first-order valence-electron chi connectivity index (χ1n) is 19.8. The second kappa shape index (κ2) is 12.5. The molecular formula is C52H37N2O2Si+. The van der Waals surface area contributed by atoms with Gasteiger partial charge in [-0.1, -0.05) is 152 Å². The Hall–Kier alpha value is -6.95. The number of rotatable bonds is 6. The Morgan fingerprint density at radius 1 is 0.561 bits per heavy atom. The lowest BCUT2D eigenvalue weighted by atomic mass is 9.88. The standard InChI is InChI=1S/C52H37N2O2Si/c1-4-18-36(19-5-1)57(37-20-6-2-7-21-37,38-22-16-17-35(33-38)54-45-26-11-8-23-41(45)49-43-25-10-13-28-47(43)56-52(49)54)39-29-30-40-44(34-39)48-42-24-9-12-27-46(42)55-51(48)50(40)53-31-14-3-15-32-53/h1-34,42,46,50H/q+1. The maximum atomic E-state index is 6.89. The van der Waals surface area contributed by atoms with Crippen LogP contribution in [0.2, 0.25) is 0 Å². The van der Waals surface area contributed by atoms with Gasteiger partial charge in [0, 0.05) is 45.6 Å². The summed E-state index contributed by atoms with van der Waals surface area (Å²) in [6.07, 6.45) is 13.2. The van der Waals surface area contributed by atoms with Crippen LogP contribution in [0.15, 0.2) is 217 Å². The van der Waals surface area contributed by atoms with Crippen LogP contribution in [0, 0.1) is 5.92 Å². The first-order chi connectivity index (χ1) is 28.3. The van der Waals surface area contributed by atoms with Gasteiger partial charge in [0.15, 0.2) is 26.2 Å². The van der Waals surface area contributed by atoms with Crippen LogP contribution in [0.3, 0.4) is 0 Å². The van der Waals surface area contributed by atoms with E-state index in [2.05, 4.69) is 210 Å². The van der Waals surface area contributed by atoms with Crippen molar-refractivity contribution in [2.75, 3.05) is 0 Å². The van der Waals surface area contributed by atoms with Gasteiger partial charge in [0.05, 0.1) is 10.9 Å². The van der Waals surface area contributed by atoms with E-state index >= 15 is 0 Å². The van der Waals surface area contributed by atoms with Crippen molar-refractivity contribution in [1.82, 2.24) is 4.57 Å². The third-order valence-corrected chi connectivity index (χ3v) is 17.2. The Labute approximate surface area is 331 Å². The topological polar surface area (TPSA) is 31.2 Å². The molecule has 0 amide bonds. The zero-order valence-electron chi connectivity index (χ0n) is 31.1. The quantitative estimate of drug-likeness (QED) is 0.0969. The monoisotopic (exact) mass is 749 g/mol. The molecule has 0 N–H and O–H groups in total. The van der Waals surface area contributed by atoms with Crippen LogP contribution in [0.1, 0.15) is 17.2 Å². The zero-order valence-corrected chi connectivity index (χ0v) is 32.1. The predicted octanol–water partition coefficient (Wildman–Crippen LogP) is 8.65. The van der Waals surface area contributed by atoms with E-state index in [-0.39, 0.29) is 18.1 Å². The Morgan fingerprint density at radius 2 is 1.23 bits per heavy atom. The second-order valence-corrected chi connectivity index (χ2v) is 19.2. The fourth-order valence-corrected chi connectivity index (χ4v) is 14.9. The molecular weight excluding hydrogens is 713 g/mol. The highest BCUT2D eigenvalue weighted by Crippen LogP contribution is 2.51. The fraction of sp³-hybridized carbons (Fsp3) is 0.0577. The van der Waals surface area contributed by atoms with Gasteiger partial charge in [-0.3, -0.25) is 4.57 Å². The molecule has 270 valence electrons. The lowest BCUT2D eigenvalue weighted by molar-refractivity contribution is -0.707. The highest BCUT2D eigenvalue weighted by molar-refractivity contribution is 7.20. The number of hydrogen-bond acceptors (Lipinski definition) is 2. The van der Waals surface area contributed by atoms with Gasteiger partial charge in [0.1, 0.15) is 11.7 Å². The Bertz CT molecular complexity index is 3080. The Kier molecular flexibility index (Phi) is 7.10. The molecule has 0 fully saturated rings. The number of hydrogen-bond donors (Lipinski definition) is 0. The van der Waals surface area contributed by atoms with Crippen molar-refractivity contribution in [1.29, 1.82) is 0 Å². The molecule has 4 heterocycles. The third kappa shape index (κ3) is 4.63. The van der Waals surface area contributed by atoms with Crippen molar-refractivity contribution in [3.8, 4) is 5.69 Å². The average Bonchev–Trinajstić information content (AvgIpc) is 4.02. The largest absolute Gasteiger partial charge is 0.482 e. The van der Waals surface area contributed by atoms with Gasteiger partial charge in [-0.2, -0.15) is 4.57 Å². The van der Waals surface area contributed by atoms with Crippen molar-refractivity contribution in [2.45, 2.75) is 12.1 Å². The minimum absolute atomic E-state index is 0.00275. The van der Waals surface area contributed by atoms with Gasteiger partial charge >= 0.3 is 0 Å². The van der Waals surface area contributed by atoms with Gasteiger partial charge < -0.3 is 9.15 Å². The summed E-state index contributed by atoms with van der Waals surface area (Å²) in [7, 11) is -2.99. The average molecular weight is 750 g/mol. The number of fused-ring (bicyclic) bond motifs is 9. The van der Waals surface area contributed by atoms with E-state index < -0.39 is 8.07 Å². The number of benzene rings is 6. The lowest BCUT2D eigenvalue weighted by Gasteiger charge is -2.35. The summed E-state index contributed by atoms with van der Waals surface area (Å²) in [6.45, 7) is 0. The third-order valence-electron chi connectivity index (χ3n) is 12.4. The van der Waals surface area contributed by atoms with E-state index in [1.165, 1.54) is 42.8 Å². The molecule has 3 atom stereocenters. The van der Waals surface area contributed by atoms with Crippen LogP contribution in [0.4, 0.5) is 0 Å². The van der Waals surface area contributed by atoms with Gasteiger partial charge in [0.2, 0.25) is 11.8 Å². The summed E-state index contributed by atoms with van der Waals surface area (Å²) in [5.74, 6) is 1.22. The molecule has 0 bridgehead atoms. The van der Waals surface area contributed by atoms with E-state index in [1.54, 1.807) is 0 Å². The van der Waals surface area contributed by atoms with E-state index in [0.717, 1.165) is 39.0 Å². The normalized spacial score (nSPS) is 18.3.